The first-order valence-electron chi connectivity index (χ1n) is 7.69. The molecule has 0 amide bonds. The minimum atomic E-state index is -3.75. The summed E-state index contributed by atoms with van der Waals surface area (Å²) in [5.41, 5.74) is 8.14. The summed E-state index contributed by atoms with van der Waals surface area (Å²) < 4.78 is 28.4. The molecule has 0 spiro atoms. The molecule has 132 valence electrons. The number of nitrogens with one attached hydrogen (secondary N) is 2. The normalized spacial score (nSPS) is 11.1. The topological polar surface area (TPSA) is 96.0 Å². The summed E-state index contributed by atoms with van der Waals surface area (Å²) in [4.78, 5) is 0.142. The molecule has 0 aliphatic rings. The second-order valence-corrected chi connectivity index (χ2v) is 8.20. The van der Waals surface area contributed by atoms with Crippen LogP contribution in [0.25, 0.3) is 0 Å². The third-order valence-electron chi connectivity index (χ3n) is 3.74. The van der Waals surface area contributed by atoms with Crippen molar-refractivity contribution in [1.82, 2.24) is 0 Å². The first kappa shape index (κ1) is 18.2. The van der Waals surface area contributed by atoms with Crippen LogP contribution >= 0.6 is 15.9 Å². The Morgan fingerprint density at radius 2 is 1.69 bits per heavy atom. The van der Waals surface area contributed by atoms with E-state index >= 15 is 0 Å². The van der Waals surface area contributed by atoms with Gasteiger partial charge in [-0.15, -0.1) is 0 Å². The molecule has 0 unspecified atom stereocenters. The van der Waals surface area contributed by atoms with Gasteiger partial charge < -0.3 is 5.73 Å². The van der Waals surface area contributed by atoms with Crippen LogP contribution in [0, 0.1) is 5.41 Å². The maximum atomic E-state index is 12.6. The number of halogens is 1. The van der Waals surface area contributed by atoms with Gasteiger partial charge in [-0.3, -0.25) is 10.1 Å². The second-order valence-electron chi connectivity index (χ2n) is 5.61. The van der Waals surface area contributed by atoms with E-state index in [1.54, 1.807) is 42.5 Å². The molecule has 0 aliphatic carbocycles. The first-order valence-corrected chi connectivity index (χ1v) is 9.97. The predicted molar refractivity (Wildman–Crippen MR) is 108 cm³/mol. The van der Waals surface area contributed by atoms with E-state index in [-0.39, 0.29) is 10.6 Å². The molecule has 0 bridgehead atoms. The fourth-order valence-electron chi connectivity index (χ4n) is 2.44. The fraction of sp³-hybridized carbons (Fsp3) is 0. The van der Waals surface area contributed by atoms with Gasteiger partial charge in [0.1, 0.15) is 0 Å². The summed E-state index contributed by atoms with van der Waals surface area (Å²) in [6, 6.07) is 20.3. The van der Waals surface area contributed by atoms with E-state index in [0.717, 1.165) is 0 Å². The van der Waals surface area contributed by atoms with Gasteiger partial charge in [-0.2, -0.15) is 0 Å². The smallest absolute Gasteiger partial charge is 0.261 e. The molecule has 4 N–H and O–H groups in total. The zero-order valence-electron chi connectivity index (χ0n) is 13.6. The lowest BCUT2D eigenvalue weighted by molar-refractivity contribution is 0.601. The Morgan fingerprint density at radius 1 is 0.962 bits per heavy atom. The van der Waals surface area contributed by atoms with Gasteiger partial charge in [0.05, 0.1) is 10.6 Å². The van der Waals surface area contributed by atoms with Crippen molar-refractivity contribution in [3.63, 3.8) is 0 Å². The number of anilines is 2. The quantitative estimate of drug-likeness (QED) is 0.417. The highest BCUT2D eigenvalue weighted by Crippen LogP contribution is 2.24. The maximum absolute atomic E-state index is 12.6. The zero-order chi connectivity index (χ0) is 18.7. The summed E-state index contributed by atoms with van der Waals surface area (Å²) in [5.74, 6) is 0. The first-order chi connectivity index (χ1) is 12.4. The van der Waals surface area contributed by atoms with Crippen molar-refractivity contribution >= 4 is 43.0 Å². The highest BCUT2D eigenvalue weighted by atomic mass is 79.9. The number of rotatable bonds is 5. The van der Waals surface area contributed by atoms with Crippen LogP contribution < -0.4 is 10.5 Å². The summed E-state index contributed by atoms with van der Waals surface area (Å²) >= 11 is 3.27. The third kappa shape index (κ3) is 3.95. The van der Waals surface area contributed by atoms with Crippen molar-refractivity contribution in [3.05, 3.63) is 88.4 Å². The molecule has 0 aliphatic heterocycles. The van der Waals surface area contributed by atoms with Crippen LogP contribution in [0.3, 0.4) is 0 Å². The van der Waals surface area contributed by atoms with E-state index < -0.39 is 10.0 Å². The molecule has 3 aromatic carbocycles. The lowest BCUT2D eigenvalue weighted by Gasteiger charge is -2.12. The van der Waals surface area contributed by atoms with Gasteiger partial charge in [-0.25, -0.2) is 8.42 Å². The van der Waals surface area contributed by atoms with E-state index in [0.29, 0.717) is 27.0 Å². The molecule has 0 heterocycles. The molecule has 0 aromatic heterocycles. The van der Waals surface area contributed by atoms with Crippen molar-refractivity contribution in [3.8, 4) is 0 Å². The monoisotopic (exact) mass is 429 g/mol. The molecule has 26 heavy (non-hydrogen) atoms. The number of hydrogen-bond donors (Lipinski definition) is 3. The summed E-state index contributed by atoms with van der Waals surface area (Å²) in [6.45, 7) is 0. The van der Waals surface area contributed by atoms with Crippen LogP contribution in [0.4, 0.5) is 11.4 Å². The van der Waals surface area contributed by atoms with Crippen LogP contribution in [0.1, 0.15) is 11.1 Å². The minimum Gasteiger partial charge on any atom is -0.398 e. The van der Waals surface area contributed by atoms with E-state index in [2.05, 4.69) is 20.7 Å². The molecule has 0 saturated heterocycles. The van der Waals surface area contributed by atoms with Crippen LogP contribution in [-0.4, -0.2) is 14.1 Å². The standard InChI is InChI=1S/C19H16BrN3O2S/c20-14-7-4-8-16(11-14)26(24,25)23-15-9-10-18(21)17(12-15)19(22)13-5-2-1-3-6-13/h1-12,22-23H,21H2. The highest BCUT2D eigenvalue weighted by molar-refractivity contribution is 9.10. The number of nitrogen functional groups attached to an aromatic ring is 1. The Labute approximate surface area is 160 Å². The average Bonchev–Trinajstić information content (AvgIpc) is 2.63. The number of nitrogens with two attached hydrogens (primary N) is 1. The largest absolute Gasteiger partial charge is 0.398 e. The SMILES string of the molecule is N=C(c1ccccc1)c1cc(NS(=O)(=O)c2cccc(Br)c2)ccc1N. The molecule has 0 atom stereocenters. The predicted octanol–water partition coefficient (Wildman–Crippen LogP) is 4.25. The molecular weight excluding hydrogens is 414 g/mol. The summed E-state index contributed by atoms with van der Waals surface area (Å²) in [5, 5.41) is 8.37. The highest BCUT2D eigenvalue weighted by Gasteiger charge is 2.16. The van der Waals surface area contributed by atoms with Gasteiger partial charge in [0, 0.05) is 27.0 Å². The van der Waals surface area contributed by atoms with Crippen LogP contribution in [0.5, 0.6) is 0 Å². The van der Waals surface area contributed by atoms with Gasteiger partial charge >= 0.3 is 0 Å². The van der Waals surface area contributed by atoms with Crippen molar-refractivity contribution in [1.29, 1.82) is 5.41 Å². The third-order valence-corrected chi connectivity index (χ3v) is 5.62. The zero-order valence-corrected chi connectivity index (χ0v) is 16.0. The molecule has 0 fully saturated rings. The Kier molecular flexibility index (Phi) is 5.11. The van der Waals surface area contributed by atoms with Gasteiger partial charge in [0.15, 0.2) is 0 Å². The van der Waals surface area contributed by atoms with E-state index in [4.69, 9.17) is 11.1 Å². The van der Waals surface area contributed by atoms with Crippen molar-refractivity contribution in [2.45, 2.75) is 4.90 Å². The van der Waals surface area contributed by atoms with Crippen LogP contribution in [0.2, 0.25) is 0 Å². The number of benzene rings is 3. The van der Waals surface area contributed by atoms with Crippen molar-refractivity contribution in [2.24, 2.45) is 0 Å². The van der Waals surface area contributed by atoms with Gasteiger partial charge in [-0.1, -0.05) is 52.3 Å². The molecule has 3 aromatic rings. The van der Waals surface area contributed by atoms with E-state index in [1.807, 2.05) is 18.2 Å². The fourth-order valence-corrected chi connectivity index (χ4v) is 4.09. The van der Waals surface area contributed by atoms with E-state index in [1.165, 1.54) is 12.1 Å². The maximum Gasteiger partial charge on any atom is 0.261 e. The molecule has 7 heteroatoms. The molecule has 3 rings (SSSR count). The Bertz CT molecular complexity index is 1070. The Morgan fingerprint density at radius 3 is 2.38 bits per heavy atom. The minimum absolute atomic E-state index is 0.142. The molecule has 5 nitrogen and oxygen atoms in total. The Balaban J connectivity index is 1.94. The molecule has 0 radical (unpaired) electrons. The number of sulfonamides is 1. The summed E-state index contributed by atoms with van der Waals surface area (Å²) in [6.07, 6.45) is 0. The molecule has 0 saturated carbocycles. The van der Waals surface area contributed by atoms with Crippen LogP contribution in [0.15, 0.2) is 82.2 Å². The number of hydrogen-bond acceptors (Lipinski definition) is 4. The van der Waals surface area contributed by atoms with E-state index in [9.17, 15) is 8.42 Å². The van der Waals surface area contributed by atoms with Crippen molar-refractivity contribution < 1.29 is 8.42 Å². The van der Waals surface area contributed by atoms with Crippen LogP contribution in [-0.2, 0) is 10.0 Å². The van der Waals surface area contributed by atoms with Gasteiger partial charge in [-0.05, 0) is 36.4 Å². The summed E-state index contributed by atoms with van der Waals surface area (Å²) in [7, 11) is -3.75. The average molecular weight is 430 g/mol. The van der Waals surface area contributed by atoms with Gasteiger partial charge in [0.2, 0.25) is 0 Å². The molecular formula is C19H16BrN3O2S. The second kappa shape index (κ2) is 7.31. The lowest BCUT2D eigenvalue weighted by Crippen LogP contribution is -2.14. The van der Waals surface area contributed by atoms with Crippen molar-refractivity contribution in [2.75, 3.05) is 10.5 Å². The Hall–Kier alpha value is -2.64. The lowest BCUT2D eigenvalue weighted by atomic mass is 10.0. The van der Waals surface area contributed by atoms with Gasteiger partial charge in [0.25, 0.3) is 10.0 Å².